The molecule has 0 aliphatic heterocycles. The number of aromatic amines is 1. The first-order valence-electron chi connectivity index (χ1n) is 9.93. The highest BCUT2D eigenvalue weighted by atomic mass is 35.5. The van der Waals surface area contributed by atoms with Crippen molar-refractivity contribution in [1.29, 1.82) is 0 Å². The summed E-state index contributed by atoms with van der Waals surface area (Å²) in [6.07, 6.45) is 2.14. The van der Waals surface area contributed by atoms with E-state index in [1.807, 2.05) is 60.8 Å². The van der Waals surface area contributed by atoms with Gasteiger partial charge in [-0.2, -0.15) is 0 Å². The van der Waals surface area contributed by atoms with Crippen LogP contribution in [0.1, 0.15) is 21.5 Å². The number of halogens is 1. The van der Waals surface area contributed by atoms with Crippen molar-refractivity contribution in [2.24, 2.45) is 0 Å². The van der Waals surface area contributed by atoms with Crippen LogP contribution in [0.3, 0.4) is 0 Å². The van der Waals surface area contributed by atoms with Gasteiger partial charge in [-0.05, 0) is 29.3 Å². The van der Waals surface area contributed by atoms with Gasteiger partial charge < -0.3 is 15.0 Å². The van der Waals surface area contributed by atoms with E-state index in [0.717, 1.165) is 22.0 Å². The molecule has 0 fully saturated rings. The number of amides is 1. The predicted molar refractivity (Wildman–Crippen MR) is 121 cm³/mol. The first kappa shape index (κ1) is 20.7. The Morgan fingerprint density at radius 3 is 2.45 bits per heavy atom. The molecule has 156 valence electrons. The van der Waals surface area contributed by atoms with Gasteiger partial charge in [0.25, 0.3) is 5.91 Å². The van der Waals surface area contributed by atoms with E-state index in [-0.39, 0.29) is 13.0 Å². The first-order valence-corrected chi connectivity index (χ1v) is 10.3. The van der Waals surface area contributed by atoms with Crippen molar-refractivity contribution in [2.75, 3.05) is 0 Å². The van der Waals surface area contributed by atoms with Crippen molar-refractivity contribution in [3.63, 3.8) is 0 Å². The van der Waals surface area contributed by atoms with Crippen molar-refractivity contribution in [3.05, 3.63) is 107 Å². The number of esters is 1. The number of nitrogens with one attached hydrogen (secondary N) is 2. The summed E-state index contributed by atoms with van der Waals surface area (Å²) in [5.41, 5.74) is 3.06. The lowest BCUT2D eigenvalue weighted by Crippen LogP contribution is -2.43. The normalized spacial score (nSPS) is 11.8. The van der Waals surface area contributed by atoms with Crippen LogP contribution in [0.2, 0.25) is 5.02 Å². The number of hydrogen-bond donors (Lipinski definition) is 2. The van der Waals surface area contributed by atoms with E-state index >= 15 is 0 Å². The highest BCUT2D eigenvalue weighted by molar-refractivity contribution is 6.33. The maximum absolute atomic E-state index is 13.0. The smallest absolute Gasteiger partial charge is 0.329 e. The number of para-hydroxylation sites is 1. The van der Waals surface area contributed by atoms with Crippen molar-refractivity contribution in [3.8, 4) is 0 Å². The highest BCUT2D eigenvalue weighted by Gasteiger charge is 2.25. The third-order valence-electron chi connectivity index (χ3n) is 5.03. The number of hydrogen-bond acceptors (Lipinski definition) is 3. The number of aromatic nitrogens is 1. The van der Waals surface area contributed by atoms with Crippen LogP contribution in [0.15, 0.2) is 85.1 Å². The van der Waals surface area contributed by atoms with E-state index in [2.05, 4.69) is 10.3 Å². The zero-order chi connectivity index (χ0) is 21.6. The summed E-state index contributed by atoms with van der Waals surface area (Å²) in [5, 5.41) is 4.12. The lowest BCUT2D eigenvalue weighted by atomic mass is 10.0. The molecule has 0 aliphatic rings. The molecule has 3 aromatic carbocycles. The van der Waals surface area contributed by atoms with Crippen LogP contribution < -0.4 is 5.32 Å². The van der Waals surface area contributed by atoms with Crippen molar-refractivity contribution < 1.29 is 14.3 Å². The van der Waals surface area contributed by atoms with Gasteiger partial charge in [-0.25, -0.2) is 4.79 Å². The summed E-state index contributed by atoms with van der Waals surface area (Å²) in [4.78, 5) is 29.0. The zero-order valence-corrected chi connectivity index (χ0v) is 17.4. The molecule has 5 nitrogen and oxygen atoms in total. The molecule has 0 unspecified atom stereocenters. The van der Waals surface area contributed by atoms with Gasteiger partial charge in [0, 0.05) is 23.5 Å². The predicted octanol–water partition coefficient (Wildman–Crippen LogP) is 4.91. The molecule has 0 saturated heterocycles. The summed E-state index contributed by atoms with van der Waals surface area (Å²) in [7, 11) is 0. The molecule has 4 rings (SSSR count). The second kappa shape index (κ2) is 9.49. The number of carbonyl (C=O) groups excluding carboxylic acids is 2. The fraction of sp³-hybridized carbons (Fsp3) is 0.120. The second-order valence-corrected chi connectivity index (χ2v) is 7.57. The molecule has 0 saturated carbocycles. The van der Waals surface area contributed by atoms with Crippen LogP contribution in [0, 0.1) is 0 Å². The van der Waals surface area contributed by atoms with Gasteiger partial charge in [0.2, 0.25) is 0 Å². The molecule has 2 N–H and O–H groups in total. The Morgan fingerprint density at radius 2 is 1.65 bits per heavy atom. The molecule has 4 aromatic rings. The summed E-state index contributed by atoms with van der Waals surface area (Å²) in [6.45, 7) is 0.131. The van der Waals surface area contributed by atoms with E-state index in [4.69, 9.17) is 16.3 Å². The van der Waals surface area contributed by atoms with Crippen LogP contribution >= 0.6 is 11.6 Å². The Bertz CT molecular complexity index is 1200. The maximum Gasteiger partial charge on any atom is 0.329 e. The van der Waals surface area contributed by atoms with Gasteiger partial charge in [-0.1, -0.05) is 72.3 Å². The minimum atomic E-state index is -0.869. The van der Waals surface area contributed by atoms with Crippen LogP contribution in [0.5, 0.6) is 0 Å². The molecule has 1 aromatic heterocycles. The highest BCUT2D eigenvalue weighted by Crippen LogP contribution is 2.20. The van der Waals surface area contributed by atoms with Crippen molar-refractivity contribution in [1.82, 2.24) is 10.3 Å². The Balaban J connectivity index is 1.55. The molecular weight excluding hydrogens is 412 g/mol. The first-order chi connectivity index (χ1) is 15.1. The van der Waals surface area contributed by atoms with Crippen LogP contribution in [-0.4, -0.2) is 22.9 Å². The summed E-state index contributed by atoms with van der Waals surface area (Å²) in [6, 6.07) is 23.1. The number of H-pyrrole nitrogens is 1. The molecule has 1 heterocycles. The molecule has 0 aliphatic carbocycles. The minimum Gasteiger partial charge on any atom is -0.459 e. The quantitative estimate of drug-likeness (QED) is 0.408. The van der Waals surface area contributed by atoms with Gasteiger partial charge in [-0.15, -0.1) is 0 Å². The van der Waals surface area contributed by atoms with Gasteiger partial charge in [0.1, 0.15) is 12.6 Å². The number of ether oxygens (including phenoxy) is 1. The van der Waals surface area contributed by atoms with Crippen LogP contribution in [-0.2, 0) is 22.6 Å². The molecule has 1 amide bonds. The fourth-order valence-electron chi connectivity index (χ4n) is 3.42. The Labute approximate surface area is 185 Å². The van der Waals surface area contributed by atoms with E-state index in [1.165, 1.54) is 0 Å². The second-order valence-electron chi connectivity index (χ2n) is 7.16. The SMILES string of the molecule is O=C(N[C@H](Cc1c[nH]c2ccccc12)C(=O)OCc1ccccc1)c1ccccc1Cl. The zero-order valence-electron chi connectivity index (χ0n) is 16.7. The third-order valence-corrected chi connectivity index (χ3v) is 5.36. The Kier molecular flexibility index (Phi) is 6.34. The molecule has 0 bridgehead atoms. The summed E-state index contributed by atoms with van der Waals surface area (Å²) < 4.78 is 5.52. The van der Waals surface area contributed by atoms with Crippen LogP contribution in [0.25, 0.3) is 10.9 Å². The third kappa shape index (κ3) is 4.95. The number of fused-ring (bicyclic) bond motifs is 1. The largest absolute Gasteiger partial charge is 0.459 e. The van der Waals surface area contributed by atoms with Gasteiger partial charge >= 0.3 is 5.97 Å². The number of carbonyl (C=O) groups is 2. The number of benzene rings is 3. The summed E-state index contributed by atoms with van der Waals surface area (Å²) in [5.74, 6) is -0.929. The van der Waals surface area contributed by atoms with E-state index in [1.54, 1.807) is 24.3 Å². The monoisotopic (exact) mass is 432 g/mol. The average molecular weight is 433 g/mol. The Hall–Kier alpha value is -3.57. The standard InChI is InChI=1S/C25H21ClN2O3/c26-21-12-6-4-11-20(21)24(29)28-23(25(30)31-16-17-8-2-1-3-9-17)14-18-15-27-22-13-7-5-10-19(18)22/h1-13,15,23,27H,14,16H2,(H,28,29)/t23-/m1/s1. The molecule has 0 spiro atoms. The fourth-order valence-corrected chi connectivity index (χ4v) is 3.65. The lowest BCUT2D eigenvalue weighted by Gasteiger charge is -2.18. The average Bonchev–Trinajstić information content (AvgIpc) is 3.21. The molecular formula is C25H21ClN2O3. The maximum atomic E-state index is 13.0. The van der Waals surface area contributed by atoms with Gasteiger partial charge in [0.05, 0.1) is 10.6 Å². The minimum absolute atomic E-state index is 0.131. The van der Waals surface area contributed by atoms with Gasteiger partial charge in [-0.3, -0.25) is 4.79 Å². The molecule has 0 radical (unpaired) electrons. The van der Waals surface area contributed by atoms with E-state index < -0.39 is 17.9 Å². The lowest BCUT2D eigenvalue weighted by molar-refractivity contribution is -0.147. The van der Waals surface area contributed by atoms with E-state index in [9.17, 15) is 9.59 Å². The van der Waals surface area contributed by atoms with Gasteiger partial charge in [0.15, 0.2) is 0 Å². The molecule has 1 atom stereocenters. The molecule has 6 heteroatoms. The van der Waals surface area contributed by atoms with Crippen molar-refractivity contribution in [2.45, 2.75) is 19.1 Å². The topological polar surface area (TPSA) is 71.2 Å². The number of rotatable bonds is 7. The Morgan fingerprint density at radius 1 is 0.935 bits per heavy atom. The van der Waals surface area contributed by atoms with Crippen LogP contribution in [0.4, 0.5) is 0 Å². The van der Waals surface area contributed by atoms with Crippen molar-refractivity contribution >= 4 is 34.4 Å². The summed E-state index contributed by atoms with van der Waals surface area (Å²) >= 11 is 6.16. The van der Waals surface area contributed by atoms with E-state index in [0.29, 0.717) is 10.6 Å². The molecule has 31 heavy (non-hydrogen) atoms.